The standard InChI is InChI=1S/C16H16F3N/c1-2-15(20-12-8-4-3-5-9-12)13-10-6-7-11-14(13)16(17,18)19/h3-11,15,20H,2H2,1H3. The minimum atomic E-state index is -4.33. The average Bonchev–Trinajstić information content (AvgIpc) is 2.45. The number of alkyl halides is 3. The van der Waals surface area contributed by atoms with E-state index in [1.165, 1.54) is 12.1 Å². The van der Waals surface area contributed by atoms with Gasteiger partial charge in [-0.25, -0.2) is 0 Å². The molecule has 2 aromatic rings. The van der Waals surface area contributed by atoms with E-state index in [-0.39, 0.29) is 11.6 Å². The van der Waals surface area contributed by atoms with Gasteiger partial charge in [0.25, 0.3) is 0 Å². The summed E-state index contributed by atoms with van der Waals surface area (Å²) in [6, 6.07) is 14.6. The molecule has 0 fully saturated rings. The minimum Gasteiger partial charge on any atom is -0.378 e. The second-order valence-corrected chi connectivity index (χ2v) is 4.56. The second kappa shape index (κ2) is 5.99. The highest BCUT2D eigenvalue weighted by atomic mass is 19.4. The number of para-hydroxylation sites is 1. The van der Waals surface area contributed by atoms with Crippen LogP contribution in [0.15, 0.2) is 54.6 Å². The molecule has 1 N–H and O–H groups in total. The van der Waals surface area contributed by atoms with Gasteiger partial charge in [0.05, 0.1) is 11.6 Å². The topological polar surface area (TPSA) is 12.0 Å². The Morgan fingerprint density at radius 3 is 2.15 bits per heavy atom. The summed E-state index contributed by atoms with van der Waals surface area (Å²) >= 11 is 0. The molecule has 0 aliphatic carbocycles. The fourth-order valence-corrected chi connectivity index (χ4v) is 2.19. The number of benzene rings is 2. The molecule has 0 amide bonds. The van der Waals surface area contributed by atoms with Crippen molar-refractivity contribution in [3.63, 3.8) is 0 Å². The lowest BCUT2D eigenvalue weighted by Gasteiger charge is -2.22. The molecule has 0 aromatic heterocycles. The Balaban J connectivity index is 2.33. The van der Waals surface area contributed by atoms with Crippen molar-refractivity contribution in [2.45, 2.75) is 25.6 Å². The molecular formula is C16H16F3N. The molecule has 1 nitrogen and oxygen atoms in total. The third-order valence-electron chi connectivity index (χ3n) is 3.16. The van der Waals surface area contributed by atoms with Gasteiger partial charge in [-0.1, -0.05) is 43.3 Å². The maximum absolute atomic E-state index is 13.1. The van der Waals surface area contributed by atoms with Crippen LogP contribution in [0.5, 0.6) is 0 Å². The maximum atomic E-state index is 13.1. The maximum Gasteiger partial charge on any atom is 0.416 e. The lowest BCUT2D eigenvalue weighted by molar-refractivity contribution is -0.138. The van der Waals surface area contributed by atoms with E-state index < -0.39 is 11.7 Å². The summed E-state index contributed by atoms with van der Waals surface area (Å²) in [5.41, 5.74) is 0.526. The van der Waals surface area contributed by atoms with Crippen molar-refractivity contribution in [3.05, 3.63) is 65.7 Å². The molecule has 2 rings (SSSR count). The molecule has 0 heterocycles. The van der Waals surface area contributed by atoms with Crippen LogP contribution in [0, 0.1) is 0 Å². The fourth-order valence-electron chi connectivity index (χ4n) is 2.19. The third kappa shape index (κ3) is 3.32. The van der Waals surface area contributed by atoms with Gasteiger partial charge in [-0.05, 0) is 30.2 Å². The first-order chi connectivity index (χ1) is 9.52. The fraction of sp³-hybridized carbons (Fsp3) is 0.250. The molecule has 0 spiro atoms. The van der Waals surface area contributed by atoms with Crippen molar-refractivity contribution in [2.24, 2.45) is 0 Å². The highest BCUT2D eigenvalue weighted by Crippen LogP contribution is 2.36. The monoisotopic (exact) mass is 279 g/mol. The van der Waals surface area contributed by atoms with Crippen molar-refractivity contribution < 1.29 is 13.2 Å². The van der Waals surface area contributed by atoms with E-state index in [4.69, 9.17) is 0 Å². The van der Waals surface area contributed by atoms with E-state index in [2.05, 4.69) is 5.32 Å². The van der Waals surface area contributed by atoms with Crippen molar-refractivity contribution in [1.82, 2.24) is 0 Å². The van der Waals surface area contributed by atoms with E-state index in [0.717, 1.165) is 11.8 Å². The lowest BCUT2D eigenvalue weighted by Crippen LogP contribution is -2.16. The van der Waals surface area contributed by atoms with Crippen LogP contribution in [0.25, 0.3) is 0 Å². The predicted molar refractivity (Wildman–Crippen MR) is 74.5 cm³/mol. The van der Waals surface area contributed by atoms with E-state index in [9.17, 15) is 13.2 Å². The Labute approximate surface area is 116 Å². The first-order valence-corrected chi connectivity index (χ1v) is 6.50. The Morgan fingerprint density at radius 1 is 0.950 bits per heavy atom. The van der Waals surface area contributed by atoms with E-state index in [1.54, 1.807) is 6.07 Å². The van der Waals surface area contributed by atoms with Crippen molar-refractivity contribution in [1.29, 1.82) is 0 Å². The molecule has 0 radical (unpaired) electrons. The number of halogens is 3. The summed E-state index contributed by atoms with van der Waals surface area (Å²) in [5, 5.41) is 3.16. The van der Waals surface area contributed by atoms with Gasteiger partial charge in [-0.15, -0.1) is 0 Å². The number of anilines is 1. The van der Waals surface area contributed by atoms with Crippen LogP contribution in [-0.4, -0.2) is 0 Å². The average molecular weight is 279 g/mol. The number of rotatable bonds is 4. The molecule has 1 unspecified atom stereocenters. The summed E-state index contributed by atoms with van der Waals surface area (Å²) in [7, 11) is 0. The van der Waals surface area contributed by atoms with Gasteiger partial charge in [0.1, 0.15) is 0 Å². The Hall–Kier alpha value is -1.97. The highest BCUT2D eigenvalue weighted by molar-refractivity contribution is 5.46. The first kappa shape index (κ1) is 14.4. The smallest absolute Gasteiger partial charge is 0.378 e. The van der Waals surface area contributed by atoms with Gasteiger partial charge in [0.2, 0.25) is 0 Å². The van der Waals surface area contributed by atoms with Crippen LogP contribution in [0.1, 0.15) is 30.5 Å². The Kier molecular flexibility index (Phi) is 4.32. The number of nitrogens with one attached hydrogen (secondary N) is 1. The van der Waals surface area contributed by atoms with E-state index in [0.29, 0.717) is 6.42 Å². The minimum absolute atomic E-state index is 0.284. The zero-order chi connectivity index (χ0) is 14.6. The van der Waals surface area contributed by atoms with Gasteiger partial charge in [-0.3, -0.25) is 0 Å². The van der Waals surface area contributed by atoms with Gasteiger partial charge in [-0.2, -0.15) is 13.2 Å². The summed E-state index contributed by atoms with van der Waals surface area (Å²) in [6.07, 6.45) is -3.76. The molecule has 0 aliphatic rings. The van der Waals surface area contributed by atoms with Crippen LogP contribution >= 0.6 is 0 Å². The molecule has 4 heteroatoms. The highest BCUT2D eigenvalue weighted by Gasteiger charge is 2.34. The van der Waals surface area contributed by atoms with Crippen LogP contribution in [0.2, 0.25) is 0 Å². The zero-order valence-electron chi connectivity index (χ0n) is 11.1. The molecular weight excluding hydrogens is 263 g/mol. The summed E-state index contributed by atoms with van der Waals surface area (Å²) < 4.78 is 39.2. The van der Waals surface area contributed by atoms with Crippen LogP contribution in [-0.2, 0) is 6.18 Å². The molecule has 0 aliphatic heterocycles. The van der Waals surface area contributed by atoms with Crippen LogP contribution in [0.4, 0.5) is 18.9 Å². The van der Waals surface area contributed by atoms with Gasteiger partial charge in [0, 0.05) is 5.69 Å². The lowest BCUT2D eigenvalue weighted by atomic mass is 9.97. The van der Waals surface area contributed by atoms with Crippen LogP contribution < -0.4 is 5.32 Å². The zero-order valence-corrected chi connectivity index (χ0v) is 11.1. The molecule has 1 atom stereocenters. The molecule has 0 saturated heterocycles. The molecule has 106 valence electrons. The van der Waals surface area contributed by atoms with Crippen molar-refractivity contribution >= 4 is 5.69 Å². The van der Waals surface area contributed by atoms with Gasteiger partial charge >= 0.3 is 6.18 Å². The van der Waals surface area contributed by atoms with Crippen molar-refractivity contribution in [2.75, 3.05) is 5.32 Å². The molecule has 0 bridgehead atoms. The second-order valence-electron chi connectivity index (χ2n) is 4.56. The van der Waals surface area contributed by atoms with Gasteiger partial charge < -0.3 is 5.32 Å². The van der Waals surface area contributed by atoms with Crippen LogP contribution in [0.3, 0.4) is 0 Å². The summed E-state index contributed by atoms with van der Waals surface area (Å²) in [4.78, 5) is 0. The largest absolute Gasteiger partial charge is 0.416 e. The first-order valence-electron chi connectivity index (χ1n) is 6.50. The van der Waals surface area contributed by atoms with E-state index in [1.807, 2.05) is 37.3 Å². The summed E-state index contributed by atoms with van der Waals surface area (Å²) in [5.74, 6) is 0. The molecule has 20 heavy (non-hydrogen) atoms. The van der Waals surface area contributed by atoms with Crippen molar-refractivity contribution in [3.8, 4) is 0 Å². The Morgan fingerprint density at radius 2 is 1.55 bits per heavy atom. The van der Waals surface area contributed by atoms with E-state index >= 15 is 0 Å². The number of hydrogen-bond donors (Lipinski definition) is 1. The van der Waals surface area contributed by atoms with Gasteiger partial charge in [0.15, 0.2) is 0 Å². The molecule has 2 aromatic carbocycles. The normalized spacial score (nSPS) is 13.0. The molecule has 0 saturated carbocycles. The Bertz CT molecular complexity index is 549. The number of hydrogen-bond acceptors (Lipinski definition) is 1. The third-order valence-corrected chi connectivity index (χ3v) is 3.16. The quantitative estimate of drug-likeness (QED) is 0.804. The summed E-state index contributed by atoms with van der Waals surface area (Å²) in [6.45, 7) is 1.87. The predicted octanol–water partition coefficient (Wildman–Crippen LogP) is 5.27. The SMILES string of the molecule is CCC(Nc1ccccc1)c1ccccc1C(F)(F)F.